The summed E-state index contributed by atoms with van der Waals surface area (Å²) in [6, 6.07) is 7.39. The van der Waals surface area contributed by atoms with Crippen LogP contribution >= 0.6 is 11.3 Å². The van der Waals surface area contributed by atoms with Crippen LogP contribution in [-0.2, 0) is 5.54 Å². The largest absolute Gasteiger partial charge is 0.337 e. The van der Waals surface area contributed by atoms with Crippen molar-refractivity contribution in [1.82, 2.24) is 19.7 Å². The van der Waals surface area contributed by atoms with Crippen LogP contribution in [0.15, 0.2) is 24.3 Å². The lowest BCUT2D eigenvalue weighted by Crippen LogP contribution is -2.36. The topological polar surface area (TPSA) is 80.1 Å². The number of anilines is 1. The van der Waals surface area contributed by atoms with Gasteiger partial charge in [-0.1, -0.05) is 29.0 Å². The summed E-state index contributed by atoms with van der Waals surface area (Å²) in [5.74, 6) is -0.270. The number of likely N-dealkylation sites (tertiary alicyclic amines) is 1. The first-order chi connectivity index (χ1) is 14.2. The number of rotatable bonds is 3. The predicted octanol–water partition coefficient (Wildman–Crippen LogP) is 4.43. The van der Waals surface area contributed by atoms with Crippen LogP contribution in [0, 0.1) is 6.92 Å². The third kappa shape index (κ3) is 3.96. The van der Waals surface area contributed by atoms with Gasteiger partial charge in [0.15, 0.2) is 16.5 Å². The van der Waals surface area contributed by atoms with Crippen molar-refractivity contribution in [2.24, 2.45) is 0 Å². The fraction of sp³-hybridized carbons (Fsp3) is 0.455. The van der Waals surface area contributed by atoms with Gasteiger partial charge in [-0.25, -0.2) is 4.68 Å². The number of carbonyl (C=O) groups is 2. The van der Waals surface area contributed by atoms with E-state index >= 15 is 0 Å². The Balaban J connectivity index is 1.69. The van der Waals surface area contributed by atoms with Crippen molar-refractivity contribution in [2.75, 3.05) is 18.4 Å². The Bertz CT molecular complexity index is 1090. The number of carbonyl (C=O) groups excluding carboxylic acids is 2. The first-order valence-corrected chi connectivity index (χ1v) is 11.1. The van der Waals surface area contributed by atoms with E-state index in [1.54, 1.807) is 16.8 Å². The molecular weight excluding hydrogens is 398 g/mol. The zero-order chi connectivity index (χ0) is 21.5. The molecule has 158 valence electrons. The molecule has 1 aliphatic rings. The van der Waals surface area contributed by atoms with E-state index in [1.165, 1.54) is 11.3 Å². The summed E-state index contributed by atoms with van der Waals surface area (Å²) in [6.07, 6.45) is 3.20. The van der Waals surface area contributed by atoms with Gasteiger partial charge in [-0.3, -0.25) is 14.9 Å². The molecule has 1 N–H and O–H groups in total. The minimum absolute atomic E-state index is 0.0530. The molecule has 1 saturated heterocycles. The monoisotopic (exact) mass is 425 g/mol. The lowest BCUT2D eigenvalue weighted by atomic mass is 10.1. The summed E-state index contributed by atoms with van der Waals surface area (Å²) < 4.78 is 2.51. The molecule has 3 aromatic rings. The van der Waals surface area contributed by atoms with Gasteiger partial charge in [0.25, 0.3) is 11.8 Å². The Morgan fingerprint density at radius 2 is 1.73 bits per heavy atom. The van der Waals surface area contributed by atoms with Crippen molar-refractivity contribution in [3.8, 4) is 0 Å². The summed E-state index contributed by atoms with van der Waals surface area (Å²) in [7, 11) is 0. The van der Waals surface area contributed by atoms with Gasteiger partial charge >= 0.3 is 0 Å². The van der Waals surface area contributed by atoms with Crippen LogP contribution in [0.1, 0.15) is 66.4 Å². The van der Waals surface area contributed by atoms with Crippen LogP contribution in [0.5, 0.6) is 0 Å². The Kier molecular flexibility index (Phi) is 5.36. The Labute approximate surface area is 180 Å². The minimum atomic E-state index is -0.342. The molecule has 0 saturated carbocycles. The third-order valence-corrected chi connectivity index (χ3v) is 6.21. The molecule has 2 aromatic heterocycles. The van der Waals surface area contributed by atoms with E-state index in [9.17, 15) is 9.59 Å². The van der Waals surface area contributed by atoms with Crippen LogP contribution in [0.25, 0.3) is 10.3 Å². The molecule has 1 aliphatic heterocycles. The number of hydrogen-bond donors (Lipinski definition) is 1. The van der Waals surface area contributed by atoms with Gasteiger partial charge in [-0.15, -0.1) is 0 Å². The fourth-order valence-electron chi connectivity index (χ4n) is 3.58. The van der Waals surface area contributed by atoms with E-state index in [2.05, 4.69) is 15.4 Å². The standard InChI is InChI=1S/C22H27N5O2S/c1-14-8-10-15(11-9-14)19(28)24-21-23-18-17(30-21)16(25-27(18)22(2,3)4)20(29)26-12-6-5-7-13-26/h8-11H,5-7,12-13H2,1-4H3,(H,23,24,28). The zero-order valence-corrected chi connectivity index (χ0v) is 18.7. The maximum Gasteiger partial charge on any atom is 0.275 e. The first-order valence-electron chi connectivity index (χ1n) is 10.3. The number of nitrogens with one attached hydrogen (secondary N) is 1. The zero-order valence-electron chi connectivity index (χ0n) is 17.9. The third-order valence-electron chi connectivity index (χ3n) is 5.24. The van der Waals surface area contributed by atoms with Crippen LogP contribution in [0.3, 0.4) is 0 Å². The summed E-state index contributed by atoms with van der Waals surface area (Å²) >= 11 is 1.31. The molecule has 30 heavy (non-hydrogen) atoms. The number of nitrogens with zero attached hydrogens (tertiary/aromatic N) is 4. The van der Waals surface area contributed by atoms with Gasteiger partial charge < -0.3 is 4.90 Å². The van der Waals surface area contributed by atoms with Gasteiger partial charge in [0, 0.05) is 18.7 Å². The van der Waals surface area contributed by atoms with Gasteiger partial charge in [-0.05, 0) is 59.1 Å². The second kappa shape index (κ2) is 7.83. The molecule has 2 amide bonds. The van der Waals surface area contributed by atoms with Crippen molar-refractivity contribution in [3.63, 3.8) is 0 Å². The molecule has 8 heteroatoms. The van der Waals surface area contributed by atoms with Crippen LogP contribution in [-0.4, -0.2) is 44.6 Å². The second-order valence-electron chi connectivity index (χ2n) is 8.78. The number of fused-ring (bicyclic) bond motifs is 1. The number of hydrogen-bond acceptors (Lipinski definition) is 5. The van der Waals surface area contributed by atoms with Crippen molar-refractivity contribution in [2.45, 2.75) is 52.5 Å². The van der Waals surface area contributed by atoms with Gasteiger partial charge in [-0.2, -0.15) is 10.1 Å². The number of aryl methyl sites for hydroxylation is 1. The Morgan fingerprint density at radius 1 is 1.07 bits per heavy atom. The average Bonchev–Trinajstić information content (AvgIpc) is 3.26. The molecule has 0 radical (unpaired) electrons. The normalized spacial score (nSPS) is 14.9. The molecule has 7 nitrogen and oxygen atoms in total. The second-order valence-corrected chi connectivity index (χ2v) is 9.78. The minimum Gasteiger partial charge on any atom is -0.337 e. The number of thiazole rings is 1. The summed E-state index contributed by atoms with van der Waals surface area (Å²) in [5.41, 5.74) is 2.38. The Hall–Kier alpha value is -2.74. The van der Waals surface area contributed by atoms with Crippen molar-refractivity contribution in [1.29, 1.82) is 0 Å². The highest BCUT2D eigenvalue weighted by molar-refractivity contribution is 7.22. The summed E-state index contributed by atoms with van der Waals surface area (Å²) in [6.45, 7) is 9.58. The van der Waals surface area contributed by atoms with Crippen molar-refractivity contribution < 1.29 is 9.59 Å². The molecule has 3 heterocycles. The highest BCUT2D eigenvalue weighted by Crippen LogP contribution is 2.33. The molecule has 0 atom stereocenters. The molecule has 4 rings (SSSR count). The smallest absolute Gasteiger partial charge is 0.275 e. The molecule has 1 aromatic carbocycles. The van der Waals surface area contributed by atoms with Crippen LogP contribution in [0.2, 0.25) is 0 Å². The van der Waals surface area contributed by atoms with Gasteiger partial charge in [0.2, 0.25) is 0 Å². The maximum absolute atomic E-state index is 13.2. The highest BCUT2D eigenvalue weighted by atomic mass is 32.1. The van der Waals surface area contributed by atoms with E-state index in [0.29, 0.717) is 22.0 Å². The summed E-state index contributed by atoms with van der Waals surface area (Å²) in [5, 5.41) is 8.00. The van der Waals surface area contributed by atoms with E-state index in [1.807, 2.05) is 44.7 Å². The highest BCUT2D eigenvalue weighted by Gasteiger charge is 2.30. The number of amides is 2. The molecular formula is C22H27N5O2S. The molecule has 0 spiro atoms. The summed E-state index contributed by atoms with van der Waals surface area (Å²) in [4.78, 5) is 32.3. The quantitative estimate of drug-likeness (QED) is 0.673. The number of benzene rings is 1. The molecule has 0 bridgehead atoms. The van der Waals surface area contributed by atoms with E-state index in [0.717, 1.165) is 42.6 Å². The van der Waals surface area contributed by atoms with Crippen LogP contribution < -0.4 is 5.32 Å². The van der Waals surface area contributed by atoms with E-state index in [-0.39, 0.29) is 17.4 Å². The molecule has 0 aliphatic carbocycles. The number of aromatic nitrogens is 3. The van der Waals surface area contributed by atoms with E-state index < -0.39 is 0 Å². The van der Waals surface area contributed by atoms with Gasteiger partial charge in [0.05, 0.1) is 5.54 Å². The molecule has 0 unspecified atom stereocenters. The van der Waals surface area contributed by atoms with Gasteiger partial charge in [0.1, 0.15) is 4.70 Å². The fourth-order valence-corrected chi connectivity index (χ4v) is 4.50. The number of piperidine rings is 1. The van der Waals surface area contributed by atoms with Crippen molar-refractivity contribution >= 4 is 38.6 Å². The SMILES string of the molecule is Cc1ccc(C(=O)Nc2nc3c(s2)c(C(=O)N2CCCCC2)nn3C(C)(C)C)cc1. The first kappa shape index (κ1) is 20.5. The lowest BCUT2D eigenvalue weighted by molar-refractivity contribution is 0.0718. The lowest BCUT2D eigenvalue weighted by Gasteiger charge is -2.26. The van der Waals surface area contributed by atoms with Crippen LogP contribution in [0.4, 0.5) is 5.13 Å². The Morgan fingerprint density at radius 3 is 2.37 bits per heavy atom. The van der Waals surface area contributed by atoms with Crippen molar-refractivity contribution in [3.05, 3.63) is 41.1 Å². The maximum atomic E-state index is 13.2. The molecule has 1 fully saturated rings. The average molecular weight is 426 g/mol. The predicted molar refractivity (Wildman–Crippen MR) is 119 cm³/mol. The van der Waals surface area contributed by atoms with E-state index in [4.69, 9.17) is 0 Å².